The zero-order chi connectivity index (χ0) is 14.2. The molecule has 0 spiro atoms. The van der Waals surface area contributed by atoms with E-state index in [9.17, 15) is 0 Å². The molecule has 3 heteroatoms. The summed E-state index contributed by atoms with van der Waals surface area (Å²) in [5, 5.41) is 0. The van der Waals surface area contributed by atoms with E-state index >= 15 is 0 Å². The number of benzene rings is 1. The van der Waals surface area contributed by atoms with Crippen molar-refractivity contribution >= 4 is 0 Å². The van der Waals surface area contributed by atoms with E-state index in [4.69, 9.17) is 15.2 Å². The number of hydrogen-bond donors (Lipinski definition) is 1. The van der Waals surface area contributed by atoms with Crippen LogP contribution in [0.5, 0.6) is 11.5 Å². The number of hydrogen-bond acceptors (Lipinski definition) is 3. The summed E-state index contributed by atoms with van der Waals surface area (Å²) in [4.78, 5) is 0. The Kier molecular flexibility index (Phi) is 3.41. The van der Waals surface area contributed by atoms with E-state index in [0.717, 1.165) is 44.0 Å². The van der Waals surface area contributed by atoms with Crippen molar-refractivity contribution in [1.29, 1.82) is 0 Å². The second-order valence-electron chi connectivity index (χ2n) is 7.03. The molecule has 0 unspecified atom stereocenters. The predicted octanol–water partition coefficient (Wildman–Crippen LogP) is 3.60. The Bertz CT molecular complexity index is 486. The average molecular weight is 275 g/mol. The van der Waals surface area contributed by atoms with Gasteiger partial charge in [0.15, 0.2) is 11.5 Å². The molecule has 0 aromatic heterocycles. The molecule has 0 radical (unpaired) electrons. The summed E-state index contributed by atoms with van der Waals surface area (Å²) in [6.45, 7) is 6.12. The van der Waals surface area contributed by atoms with Gasteiger partial charge in [-0.3, -0.25) is 0 Å². The van der Waals surface area contributed by atoms with E-state index in [-0.39, 0.29) is 5.54 Å². The molecule has 20 heavy (non-hydrogen) atoms. The molecule has 1 aliphatic heterocycles. The monoisotopic (exact) mass is 275 g/mol. The Morgan fingerprint density at radius 2 is 1.60 bits per heavy atom. The van der Waals surface area contributed by atoms with E-state index in [1.807, 2.05) is 6.07 Å². The lowest BCUT2D eigenvalue weighted by molar-refractivity contribution is 0.165. The molecule has 1 aromatic rings. The Labute approximate surface area is 121 Å². The van der Waals surface area contributed by atoms with Crippen LogP contribution in [0.25, 0.3) is 0 Å². The van der Waals surface area contributed by atoms with Gasteiger partial charge in [0.25, 0.3) is 0 Å². The summed E-state index contributed by atoms with van der Waals surface area (Å²) in [5.74, 6) is 1.71. The zero-order valence-electron chi connectivity index (χ0n) is 12.6. The largest absolute Gasteiger partial charge is 0.490 e. The Morgan fingerprint density at radius 1 is 0.950 bits per heavy atom. The van der Waals surface area contributed by atoms with Crippen LogP contribution in [0.1, 0.15) is 51.5 Å². The summed E-state index contributed by atoms with van der Waals surface area (Å²) in [6.07, 6.45) is 5.38. The van der Waals surface area contributed by atoms with Crippen LogP contribution in [-0.2, 0) is 5.54 Å². The maximum atomic E-state index is 6.68. The summed E-state index contributed by atoms with van der Waals surface area (Å²) in [6, 6.07) is 6.23. The van der Waals surface area contributed by atoms with Gasteiger partial charge in [0.05, 0.1) is 13.2 Å². The SMILES string of the molecule is CC1(C)CCC(N)(c2ccc3c(c2)OCCCO3)CC1. The van der Waals surface area contributed by atoms with Gasteiger partial charge in [0, 0.05) is 12.0 Å². The lowest BCUT2D eigenvalue weighted by atomic mass is 9.67. The topological polar surface area (TPSA) is 44.5 Å². The van der Waals surface area contributed by atoms with Gasteiger partial charge in [-0.05, 0) is 48.8 Å². The van der Waals surface area contributed by atoms with E-state index < -0.39 is 0 Å². The third kappa shape index (κ3) is 2.64. The molecule has 0 bridgehead atoms. The third-order valence-corrected chi connectivity index (χ3v) is 4.82. The van der Waals surface area contributed by atoms with Crippen LogP contribution >= 0.6 is 0 Å². The molecule has 1 aliphatic carbocycles. The van der Waals surface area contributed by atoms with Gasteiger partial charge in [-0.25, -0.2) is 0 Å². The zero-order valence-corrected chi connectivity index (χ0v) is 12.6. The lowest BCUT2D eigenvalue weighted by Crippen LogP contribution is -2.42. The molecule has 1 fully saturated rings. The molecule has 0 atom stereocenters. The minimum atomic E-state index is -0.208. The highest BCUT2D eigenvalue weighted by molar-refractivity contribution is 5.45. The van der Waals surface area contributed by atoms with E-state index in [0.29, 0.717) is 5.41 Å². The van der Waals surface area contributed by atoms with Crippen LogP contribution in [0.2, 0.25) is 0 Å². The average Bonchev–Trinajstić information content (AvgIpc) is 2.67. The standard InChI is InChI=1S/C17H25NO2/c1-16(2)6-8-17(18,9-7-16)13-4-5-14-15(12-13)20-11-3-10-19-14/h4-5,12H,3,6-11,18H2,1-2H3. The second kappa shape index (κ2) is 4.96. The van der Waals surface area contributed by atoms with Gasteiger partial charge in [-0.15, -0.1) is 0 Å². The summed E-state index contributed by atoms with van der Waals surface area (Å²) in [5.41, 5.74) is 8.09. The molecule has 2 N–H and O–H groups in total. The van der Waals surface area contributed by atoms with Crippen molar-refractivity contribution in [3.05, 3.63) is 23.8 Å². The van der Waals surface area contributed by atoms with Crippen LogP contribution in [-0.4, -0.2) is 13.2 Å². The first-order valence-corrected chi connectivity index (χ1v) is 7.68. The molecule has 2 aliphatic rings. The van der Waals surface area contributed by atoms with Crippen LogP contribution in [0.3, 0.4) is 0 Å². The fourth-order valence-electron chi connectivity index (χ4n) is 3.13. The van der Waals surface area contributed by atoms with Gasteiger partial charge < -0.3 is 15.2 Å². The quantitative estimate of drug-likeness (QED) is 0.851. The van der Waals surface area contributed by atoms with Crippen molar-refractivity contribution in [3.63, 3.8) is 0 Å². The molecule has 1 aromatic carbocycles. The first-order valence-electron chi connectivity index (χ1n) is 7.68. The van der Waals surface area contributed by atoms with Gasteiger partial charge in [0.1, 0.15) is 0 Å². The predicted molar refractivity (Wildman–Crippen MR) is 80.2 cm³/mol. The molecule has 0 amide bonds. The fourth-order valence-corrected chi connectivity index (χ4v) is 3.13. The van der Waals surface area contributed by atoms with Gasteiger partial charge in [-0.2, -0.15) is 0 Å². The number of rotatable bonds is 1. The fraction of sp³-hybridized carbons (Fsp3) is 0.647. The Balaban J connectivity index is 1.85. The second-order valence-corrected chi connectivity index (χ2v) is 7.03. The first kappa shape index (κ1) is 13.7. The van der Waals surface area contributed by atoms with Gasteiger partial charge in [-0.1, -0.05) is 19.9 Å². The molecular weight excluding hydrogens is 250 g/mol. The van der Waals surface area contributed by atoms with Gasteiger partial charge >= 0.3 is 0 Å². The van der Waals surface area contributed by atoms with Crippen molar-refractivity contribution in [1.82, 2.24) is 0 Å². The smallest absolute Gasteiger partial charge is 0.161 e. The summed E-state index contributed by atoms with van der Waals surface area (Å²) < 4.78 is 11.5. The van der Waals surface area contributed by atoms with Crippen LogP contribution in [0.15, 0.2) is 18.2 Å². The lowest BCUT2D eigenvalue weighted by Gasteiger charge is -2.41. The molecule has 3 nitrogen and oxygen atoms in total. The molecule has 0 saturated heterocycles. The van der Waals surface area contributed by atoms with Crippen LogP contribution in [0.4, 0.5) is 0 Å². The van der Waals surface area contributed by atoms with Crippen LogP contribution < -0.4 is 15.2 Å². The molecule has 1 saturated carbocycles. The van der Waals surface area contributed by atoms with E-state index in [1.165, 1.54) is 18.4 Å². The van der Waals surface area contributed by atoms with Crippen LogP contribution in [0, 0.1) is 5.41 Å². The molecule has 110 valence electrons. The highest BCUT2D eigenvalue weighted by Gasteiger charge is 2.37. The van der Waals surface area contributed by atoms with Crippen molar-refractivity contribution in [2.45, 2.75) is 51.5 Å². The number of nitrogens with two attached hydrogens (primary N) is 1. The minimum Gasteiger partial charge on any atom is -0.490 e. The maximum Gasteiger partial charge on any atom is 0.161 e. The maximum absolute atomic E-state index is 6.68. The normalized spacial score (nSPS) is 23.9. The minimum absolute atomic E-state index is 0.208. The highest BCUT2D eigenvalue weighted by atomic mass is 16.5. The molecular formula is C17H25NO2. The van der Waals surface area contributed by atoms with Crippen molar-refractivity contribution < 1.29 is 9.47 Å². The van der Waals surface area contributed by atoms with Crippen molar-refractivity contribution in [2.75, 3.05) is 13.2 Å². The first-order chi connectivity index (χ1) is 9.49. The van der Waals surface area contributed by atoms with Crippen molar-refractivity contribution in [3.8, 4) is 11.5 Å². The third-order valence-electron chi connectivity index (χ3n) is 4.82. The highest BCUT2D eigenvalue weighted by Crippen LogP contribution is 2.45. The van der Waals surface area contributed by atoms with E-state index in [1.54, 1.807) is 0 Å². The number of fused-ring (bicyclic) bond motifs is 1. The molecule has 1 heterocycles. The Morgan fingerprint density at radius 3 is 2.30 bits per heavy atom. The van der Waals surface area contributed by atoms with Gasteiger partial charge in [0.2, 0.25) is 0 Å². The Hall–Kier alpha value is -1.22. The number of ether oxygens (including phenoxy) is 2. The van der Waals surface area contributed by atoms with Crippen molar-refractivity contribution in [2.24, 2.45) is 11.1 Å². The molecule has 3 rings (SSSR count). The summed E-state index contributed by atoms with van der Waals surface area (Å²) in [7, 11) is 0. The van der Waals surface area contributed by atoms with E-state index in [2.05, 4.69) is 26.0 Å². The summed E-state index contributed by atoms with van der Waals surface area (Å²) >= 11 is 0.